The molecule has 2 fully saturated rings. The molecule has 1 aromatic heterocycles. The minimum absolute atomic E-state index is 0.166. The molecule has 254 valence electrons. The molecule has 1 spiro atoms. The normalized spacial score (nSPS) is 26.0. The van der Waals surface area contributed by atoms with Gasteiger partial charge >= 0.3 is 6.01 Å². The summed E-state index contributed by atoms with van der Waals surface area (Å²) in [5, 5.41) is 10.3. The number of carbonyl (C=O) groups is 1. The number of phenols is 1. The van der Waals surface area contributed by atoms with E-state index in [-0.39, 0.29) is 17.1 Å². The quantitative estimate of drug-likeness (QED) is 0.482. The number of alkyl halides is 1. The first-order chi connectivity index (χ1) is 22.6. The Balaban J connectivity index is 0.000000366. The van der Waals surface area contributed by atoms with Gasteiger partial charge in [0, 0.05) is 58.3 Å². The number of methoxy groups -OCH3 is 1. The molecule has 7 rings (SSSR count). The lowest BCUT2D eigenvalue weighted by Gasteiger charge is -2.49. The van der Waals surface area contributed by atoms with E-state index in [9.17, 15) is 14.3 Å². The summed E-state index contributed by atoms with van der Waals surface area (Å²) in [6, 6.07) is 6.72. The number of rotatable bonds is 4. The average molecular weight is 649 g/mol. The highest BCUT2D eigenvalue weighted by Gasteiger charge is 2.45. The first-order valence-corrected chi connectivity index (χ1v) is 16.9. The van der Waals surface area contributed by atoms with Crippen LogP contribution >= 0.6 is 0 Å². The van der Waals surface area contributed by atoms with E-state index in [4.69, 9.17) is 25.4 Å². The maximum absolute atomic E-state index is 12.6. The molecule has 0 bridgehead atoms. The largest absolute Gasteiger partial charge is 0.508 e. The second-order valence-electron chi connectivity index (χ2n) is 13.8. The number of phenolic OH excluding ortho intramolecular Hbond substituents is 1. The van der Waals surface area contributed by atoms with Crippen LogP contribution in [0.25, 0.3) is 0 Å². The monoisotopic (exact) mass is 648 g/mol. The molecular formula is C35H49FN8O3. The molecule has 5 heterocycles. The van der Waals surface area contributed by atoms with Gasteiger partial charge in [0.15, 0.2) is 0 Å². The zero-order valence-corrected chi connectivity index (χ0v) is 28.2. The van der Waals surface area contributed by atoms with Gasteiger partial charge in [-0.2, -0.15) is 9.97 Å². The van der Waals surface area contributed by atoms with Crippen LogP contribution in [0.4, 0.5) is 10.2 Å². The van der Waals surface area contributed by atoms with E-state index in [1.807, 2.05) is 6.07 Å². The SMILES string of the molecule is COc1nc2c(c(N3CCCN=C(/C=C(\N)C(=O)N(C)C)C3)n1)CN(C)C1(CCCc3ccc(O)cc31)C2.FC1CC2CCCN2C1. The maximum Gasteiger partial charge on any atom is 0.318 e. The van der Waals surface area contributed by atoms with Crippen LogP contribution in [0.1, 0.15) is 60.9 Å². The Labute approximate surface area is 277 Å². The highest BCUT2D eigenvalue weighted by Crippen LogP contribution is 2.47. The fourth-order valence-corrected chi connectivity index (χ4v) is 8.07. The predicted octanol–water partition coefficient (Wildman–Crippen LogP) is 3.19. The van der Waals surface area contributed by atoms with Crippen LogP contribution in [0.5, 0.6) is 11.8 Å². The van der Waals surface area contributed by atoms with Crippen LogP contribution in [0.3, 0.4) is 0 Å². The van der Waals surface area contributed by atoms with Gasteiger partial charge in [0.25, 0.3) is 5.91 Å². The van der Waals surface area contributed by atoms with Crippen molar-refractivity contribution in [2.24, 2.45) is 10.7 Å². The smallest absolute Gasteiger partial charge is 0.318 e. The predicted molar refractivity (Wildman–Crippen MR) is 181 cm³/mol. The van der Waals surface area contributed by atoms with Crippen LogP contribution in [0.15, 0.2) is 35.0 Å². The fraction of sp³-hybridized carbons (Fsp3) is 0.600. The molecule has 0 radical (unpaired) electrons. The van der Waals surface area contributed by atoms with Gasteiger partial charge in [0.2, 0.25) is 0 Å². The molecule has 1 aromatic carbocycles. The van der Waals surface area contributed by atoms with Crippen molar-refractivity contribution in [1.29, 1.82) is 0 Å². The lowest BCUT2D eigenvalue weighted by Crippen LogP contribution is -2.51. The topological polar surface area (TPSA) is 124 Å². The lowest BCUT2D eigenvalue weighted by molar-refractivity contribution is -0.124. The summed E-state index contributed by atoms with van der Waals surface area (Å²) in [6.07, 6.45) is 9.14. The summed E-state index contributed by atoms with van der Waals surface area (Å²) >= 11 is 0. The third-order valence-electron chi connectivity index (χ3n) is 10.4. The van der Waals surface area contributed by atoms with Gasteiger partial charge in [0.1, 0.15) is 17.7 Å². The first-order valence-electron chi connectivity index (χ1n) is 16.9. The van der Waals surface area contributed by atoms with Crippen LogP contribution < -0.4 is 15.4 Å². The van der Waals surface area contributed by atoms with Crippen LogP contribution in [0.2, 0.25) is 0 Å². The molecule has 2 aromatic rings. The van der Waals surface area contributed by atoms with Gasteiger partial charge in [-0.3, -0.25) is 19.6 Å². The average Bonchev–Trinajstić information content (AvgIpc) is 3.54. The van der Waals surface area contributed by atoms with Gasteiger partial charge in [-0.25, -0.2) is 4.39 Å². The Morgan fingerprint density at radius 2 is 2.02 bits per heavy atom. The molecule has 0 saturated carbocycles. The molecule has 12 heteroatoms. The molecule has 47 heavy (non-hydrogen) atoms. The number of amides is 1. The minimum atomic E-state index is -0.518. The van der Waals surface area contributed by atoms with E-state index in [0.29, 0.717) is 50.4 Å². The number of nitrogens with two attached hydrogens (primary N) is 1. The summed E-state index contributed by atoms with van der Waals surface area (Å²) in [4.78, 5) is 35.0. The van der Waals surface area contributed by atoms with Crippen molar-refractivity contribution in [2.75, 3.05) is 65.9 Å². The summed E-state index contributed by atoms with van der Waals surface area (Å²) < 4.78 is 18.2. The third-order valence-corrected chi connectivity index (χ3v) is 10.4. The van der Waals surface area contributed by atoms with Crippen molar-refractivity contribution in [3.8, 4) is 11.8 Å². The number of ether oxygens (including phenoxy) is 1. The van der Waals surface area contributed by atoms with Crippen molar-refractivity contribution in [3.05, 3.63) is 52.4 Å². The minimum Gasteiger partial charge on any atom is -0.508 e. The number of hydrogen-bond acceptors (Lipinski definition) is 10. The highest BCUT2D eigenvalue weighted by atomic mass is 19.1. The van der Waals surface area contributed by atoms with E-state index in [0.717, 1.165) is 68.0 Å². The Kier molecular flexibility index (Phi) is 9.70. The molecule has 4 aliphatic heterocycles. The molecule has 3 N–H and O–H groups in total. The number of aromatic hydroxyl groups is 1. The second kappa shape index (κ2) is 13.8. The lowest BCUT2D eigenvalue weighted by atomic mass is 9.70. The number of aliphatic imine (C=N–C) groups is 1. The van der Waals surface area contributed by atoms with Gasteiger partial charge in [-0.05, 0) is 87.9 Å². The Morgan fingerprint density at radius 1 is 1.19 bits per heavy atom. The Hall–Kier alpha value is -3.77. The van der Waals surface area contributed by atoms with Crippen LogP contribution in [0, 0.1) is 0 Å². The Bertz CT molecular complexity index is 1530. The van der Waals surface area contributed by atoms with E-state index in [1.165, 1.54) is 28.9 Å². The number of halogens is 1. The van der Waals surface area contributed by atoms with E-state index in [1.54, 1.807) is 33.3 Å². The number of aromatic nitrogens is 2. The summed E-state index contributed by atoms with van der Waals surface area (Å²) in [6.45, 7) is 4.43. The number of hydrogen-bond donors (Lipinski definition) is 2. The van der Waals surface area contributed by atoms with E-state index in [2.05, 4.69) is 27.8 Å². The van der Waals surface area contributed by atoms with Crippen molar-refractivity contribution in [1.82, 2.24) is 24.7 Å². The number of nitrogens with zero attached hydrogens (tertiary/aromatic N) is 7. The fourth-order valence-electron chi connectivity index (χ4n) is 8.07. The molecule has 3 atom stereocenters. The first kappa shape index (κ1) is 33.1. The van der Waals surface area contributed by atoms with Gasteiger partial charge in [0.05, 0.1) is 36.3 Å². The maximum atomic E-state index is 12.6. The van der Waals surface area contributed by atoms with Crippen molar-refractivity contribution >= 4 is 17.4 Å². The number of fused-ring (bicyclic) bond motifs is 4. The zero-order valence-electron chi connectivity index (χ0n) is 28.2. The third kappa shape index (κ3) is 6.80. The Morgan fingerprint density at radius 3 is 2.79 bits per heavy atom. The second-order valence-corrected chi connectivity index (χ2v) is 13.8. The number of aryl methyl sites for hydroxylation is 1. The summed E-state index contributed by atoms with van der Waals surface area (Å²) in [5.41, 5.74) is 11.3. The molecular weight excluding hydrogens is 599 g/mol. The van der Waals surface area contributed by atoms with Gasteiger partial charge in [-0.15, -0.1) is 0 Å². The van der Waals surface area contributed by atoms with E-state index < -0.39 is 6.17 Å². The number of benzene rings is 1. The molecule has 1 aliphatic carbocycles. The van der Waals surface area contributed by atoms with E-state index >= 15 is 0 Å². The molecule has 5 aliphatic rings. The van der Waals surface area contributed by atoms with Crippen molar-refractivity contribution in [2.45, 2.75) is 75.7 Å². The molecule has 1 amide bonds. The van der Waals surface area contributed by atoms with Crippen LogP contribution in [-0.2, 0) is 29.7 Å². The summed E-state index contributed by atoms with van der Waals surface area (Å²) in [7, 11) is 7.11. The van der Waals surface area contributed by atoms with Crippen molar-refractivity contribution in [3.63, 3.8) is 0 Å². The molecule has 11 nitrogen and oxygen atoms in total. The molecule has 3 unspecified atom stereocenters. The van der Waals surface area contributed by atoms with Crippen molar-refractivity contribution < 1.29 is 19.0 Å². The zero-order chi connectivity index (χ0) is 33.3. The van der Waals surface area contributed by atoms with Gasteiger partial charge < -0.3 is 25.4 Å². The highest BCUT2D eigenvalue weighted by molar-refractivity contribution is 6.05. The van der Waals surface area contributed by atoms with Crippen LogP contribution in [-0.4, -0.2) is 115 Å². The molecule has 2 saturated heterocycles. The number of carbonyl (C=O) groups excluding carboxylic acids is 1. The number of likely N-dealkylation sites (N-methyl/N-ethyl adjacent to an activating group) is 2. The number of anilines is 1. The summed E-state index contributed by atoms with van der Waals surface area (Å²) in [5.74, 6) is 0.887. The standard InChI is InChI=1S/C28H37N7O3.C7H12FN/c1-33(2)26(37)23(29)13-19-16-35(12-6-11-30-19)25-21-17-34(3)28(15-24(21)31-27(32-25)38-4)10-5-7-18-8-9-20(36)14-22(18)28;8-6-4-7-2-1-3-9(7)5-6/h8-9,13-14,36H,5-7,10-12,15-17,29H2,1-4H3;6-7H,1-5H2/b23-13-;. The van der Waals surface area contributed by atoms with Gasteiger partial charge in [-0.1, -0.05) is 6.07 Å².